The van der Waals surface area contributed by atoms with Crippen molar-refractivity contribution in [3.05, 3.63) is 46.5 Å². The van der Waals surface area contributed by atoms with E-state index in [2.05, 4.69) is 48.2 Å². The molecule has 0 amide bonds. The zero-order valence-electron chi connectivity index (χ0n) is 12.0. The van der Waals surface area contributed by atoms with E-state index in [1.165, 1.54) is 5.56 Å². The second-order valence-corrected chi connectivity index (χ2v) is 6.33. The highest BCUT2D eigenvalue weighted by atomic mass is 32.1. The van der Waals surface area contributed by atoms with Gasteiger partial charge in [0.2, 0.25) is 0 Å². The van der Waals surface area contributed by atoms with Crippen LogP contribution in [0.5, 0.6) is 0 Å². The summed E-state index contributed by atoms with van der Waals surface area (Å²) in [4.78, 5) is 5.77. The molecule has 0 aliphatic heterocycles. The van der Waals surface area contributed by atoms with Crippen LogP contribution in [-0.4, -0.2) is 21.6 Å². The van der Waals surface area contributed by atoms with Gasteiger partial charge in [0, 0.05) is 18.4 Å². The third-order valence-corrected chi connectivity index (χ3v) is 3.42. The maximum atomic E-state index is 10.1. The topological polar surface area (TPSA) is 63.8 Å². The van der Waals surface area contributed by atoms with E-state index in [9.17, 15) is 5.11 Å². The minimum atomic E-state index is -0.624. The van der Waals surface area contributed by atoms with E-state index in [0.29, 0.717) is 17.0 Å². The lowest BCUT2D eigenvalue weighted by Crippen LogP contribution is -2.14. The van der Waals surface area contributed by atoms with Crippen LogP contribution in [0.2, 0.25) is 0 Å². The Morgan fingerprint density at radius 1 is 1.35 bits per heavy atom. The standard InChI is InChI=1S/C15H21N3OS/c1-15(2,3)10-5-4-6-11(7-10)16-9-13(19)12-8-17-14(20)18-12/h4-8,13,16,19H,9H2,1-3H3,(H2,17,18,20). The van der Waals surface area contributed by atoms with Gasteiger partial charge >= 0.3 is 0 Å². The molecule has 0 spiro atoms. The third kappa shape index (κ3) is 3.71. The van der Waals surface area contributed by atoms with Crippen LogP contribution in [0.1, 0.15) is 38.1 Å². The van der Waals surface area contributed by atoms with Crippen molar-refractivity contribution in [2.75, 3.05) is 11.9 Å². The van der Waals surface area contributed by atoms with Crippen molar-refractivity contribution in [2.24, 2.45) is 0 Å². The number of rotatable bonds is 4. The van der Waals surface area contributed by atoms with Gasteiger partial charge in [-0.1, -0.05) is 32.9 Å². The first-order chi connectivity index (χ1) is 9.36. The molecule has 0 radical (unpaired) electrons. The van der Waals surface area contributed by atoms with Gasteiger partial charge in [0.05, 0.1) is 5.69 Å². The summed E-state index contributed by atoms with van der Waals surface area (Å²) in [7, 11) is 0. The second kappa shape index (κ2) is 5.81. The van der Waals surface area contributed by atoms with Gasteiger partial charge in [-0.2, -0.15) is 0 Å². The van der Waals surface area contributed by atoms with Gasteiger partial charge in [0.15, 0.2) is 4.77 Å². The maximum Gasteiger partial charge on any atom is 0.174 e. The summed E-state index contributed by atoms with van der Waals surface area (Å²) in [6, 6.07) is 8.26. The van der Waals surface area contributed by atoms with E-state index in [4.69, 9.17) is 12.2 Å². The number of imidazole rings is 1. The summed E-state index contributed by atoms with van der Waals surface area (Å²) < 4.78 is 0.522. The van der Waals surface area contributed by atoms with E-state index in [0.717, 1.165) is 5.69 Å². The molecule has 108 valence electrons. The number of benzene rings is 1. The second-order valence-electron chi connectivity index (χ2n) is 5.93. The van der Waals surface area contributed by atoms with Gasteiger partial charge < -0.3 is 20.4 Å². The summed E-state index contributed by atoms with van der Waals surface area (Å²) in [6.45, 7) is 6.97. The van der Waals surface area contributed by atoms with Crippen LogP contribution in [0, 0.1) is 4.77 Å². The molecule has 2 rings (SSSR count). The Hall–Kier alpha value is -1.59. The molecule has 1 atom stereocenters. The van der Waals surface area contributed by atoms with Crippen molar-refractivity contribution in [1.29, 1.82) is 0 Å². The van der Waals surface area contributed by atoms with E-state index < -0.39 is 6.10 Å². The number of hydrogen-bond acceptors (Lipinski definition) is 3. The predicted molar refractivity (Wildman–Crippen MR) is 84.6 cm³/mol. The van der Waals surface area contributed by atoms with E-state index in [-0.39, 0.29) is 5.41 Å². The van der Waals surface area contributed by atoms with Crippen LogP contribution in [0.15, 0.2) is 30.5 Å². The minimum Gasteiger partial charge on any atom is -0.385 e. The number of aliphatic hydroxyl groups excluding tert-OH is 1. The summed E-state index contributed by atoms with van der Waals surface area (Å²) in [5.41, 5.74) is 3.07. The molecule has 4 N–H and O–H groups in total. The summed E-state index contributed by atoms with van der Waals surface area (Å²) in [5.74, 6) is 0. The number of aromatic nitrogens is 2. The summed E-state index contributed by atoms with van der Waals surface area (Å²) >= 11 is 4.95. The molecule has 0 aliphatic rings. The van der Waals surface area contributed by atoms with E-state index in [1.54, 1.807) is 6.20 Å². The van der Waals surface area contributed by atoms with Crippen molar-refractivity contribution < 1.29 is 5.11 Å². The normalized spacial score (nSPS) is 13.2. The van der Waals surface area contributed by atoms with Crippen molar-refractivity contribution in [3.8, 4) is 0 Å². The van der Waals surface area contributed by atoms with Crippen molar-refractivity contribution >= 4 is 17.9 Å². The first-order valence-electron chi connectivity index (χ1n) is 6.66. The Bertz CT molecular complexity index is 624. The van der Waals surface area contributed by atoms with Crippen molar-refractivity contribution in [2.45, 2.75) is 32.3 Å². The number of aliphatic hydroxyl groups is 1. The van der Waals surface area contributed by atoms with E-state index in [1.807, 2.05) is 12.1 Å². The highest BCUT2D eigenvalue weighted by Crippen LogP contribution is 2.24. The molecule has 1 unspecified atom stereocenters. The largest absolute Gasteiger partial charge is 0.385 e. The Morgan fingerprint density at radius 3 is 2.70 bits per heavy atom. The van der Waals surface area contributed by atoms with Crippen LogP contribution >= 0.6 is 12.2 Å². The molecular formula is C15H21N3OS. The summed E-state index contributed by atoms with van der Waals surface area (Å²) in [6.07, 6.45) is 1.07. The van der Waals surface area contributed by atoms with Crippen molar-refractivity contribution in [1.82, 2.24) is 9.97 Å². The lowest BCUT2D eigenvalue weighted by atomic mass is 9.87. The molecule has 1 aromatic heterocycles. The first-order valence-corrected chi connectivity index (χ1v) is 7.07. The lowest BCUT2D eigenvalue weighted by molar-refractivity contribution is 0.187. The van der Waals surface area contributed by atoms with Crippen LogP contribution in [-0.2, 0) is 5.41 Å². The van der Waals surface area contributed by atoms with Crippen LogP contribution in [0.3, 0.4) is 0 Å². The molecule has 1 heterocycles. The van der Waals surface area contributed by atoms with Gasteiger partial charge in [0.25, 0.3) is 0 Å². The molecule has 1 aromatic carbocycles. The Balaban J connectivity index is 2.02. The highest BCUT2D eigenvalue weighted by Gasteiger charge is 2.14. The zero-order chi connectivity index (χ0) is 14.8. The Kier molecular flexibility index (Phi) is 4.30. The maximum absolute atomic E-state index is 10.1. The molecule has 5 heteroatoms. The predicted octanol–water partition coefficient (Wildman–Crippen LogP) is 3.52. The SMILES string of the molecule is CC(C)(C)c1cccc(NCC(O)c2c[nH]c(=S)[nH]2)c1. The van der Waals surface area contributed by atoms with Gasteiger partial charge in [0.1, 0.15) is 6.10 Å². The number of anilines is 1. The lowest BCUT2D eigenvalue weighted by Gasteiger charge is -2.20. The third-order valence-electron chi connectivity index (χ3n) is 3.20. The average molecular weight is 291 g/mol. The number of aromatic amines is 2. The van der Waals surface area contributed by atoms with Crippen molar-refractivity contribution in [3.63, 3.8) is 0 Å². The molecule has 0 fully saturated rings. The number of hydrogen-bond donors (Lipinski definition) is 4. The Labute approximate surface area is 124 Å². The van der Waals surface area contributed by atoms with Gasteiger partial charge in [-0.3, -0.25) is 0 Å². The number of nitrogens with one attached hydrogen (secondary N) is 3. The smallest absolute Gasteiger partial charge is 0.174 e. The molecule has 0 saturated heterocycles. The Morgan fingerprint density at radius 2 is 2.10 bits per heavy atom. The molecule has 0 aliphatic carbocycles. The zero-order valence-corrected chi connectivity index (χ0v) is 12.8. The molecule has 0 bridgehead atoms. The van der Waals surface area contributed by atoms with Crippen LogP contribution in [0.4, 0.5) is 5.69 Å². The van der Waals surface area contributed by atoms with Crippen LogP contribution < -0.4 is 5.32 Å². The average Bonchev–Trinajstić information content (AvgIpc) is 2.82. The monoisotopic (exact) mass is 291 g/mol. The minimum absolute atomic E-state index is 0.113. The number of H-pyrrole nitrogens is 2. The molecule has 4 nitrogen and oxygen atoms in total. The fourth-order valence-corrected chi connectivity index (χ4v) is 2.12. The fourth-order valence-electron chi connectivity index (χ4n) is 1.95. The van der Waals surface area contributed by atoms with Gasteiger partial charge in [-0.25, -0.2) is 0 Å². The molecule has 20 heavy (non-hydrogen) atoms. The first kappa shape index (κ1) is 14.8. The summed E-state index contributed by atoms with van der Waals surface area (Å²) in [5, 5.41) is 13.3. The van der Waals surface area contributed by atoms with Crippen LogP contribution in [0.25, 0.3) is 0 Å². The quantitative estimate of drug-likeness (QED) is 0.652. The van der Waals surface area contributed by atoms with Gasteiger partial charge in [-0.05, 0) is 35.3 Å². The fraction of sp³-hybridized carbons (Fsp3) is 0.400. The molecular weight excluding hydrogens is 270 g/mol. The molecule has 2 aromatic rings. The van der Waals surface area contributed by atoms with Gasteiger partial charge in [-0.15, -0.1) is 0 Å². The molecule has 0 saturated carbocycles. The van der Waals surface area contributed by atoms with E-state index >= 15 is 0 Å². The highest BCUT2D eigenvalue weighted by molar-refractivity contribution is 7.71.